The van der Waals surface area contributed by atoms with E-state index in [4.69, 9.17) is 5.73 Å². The van der Waals surface area contributed by atoms with E-state index in [2.05, 4.69) is 10.6 Å². The first kappa shape index (κ1) is 21.8. The summed E-state index contributed by atoms with van der Waals surface area (Å²) >= 11 is 0. The van der Waals surface area contributed by atoms with E-state index < -0.39 is 12.1 Å². The van der Waals surface area contributed by atoms with E-state index in [0.29, 0.717) is 37.2 Å². The van der Waals surface area contributed by atoms with Crippen molar-refractivity contribution in [1.82, 2.24) is 5.32 Å². The number of anilines is 2. The second kappa shape index (κ2) is 10.2. The molecule has 2 atom stereocenters. The lowest BCUT2D eigenvalue weighted by Crippen LogP contribution is -2.47. The molecular weight excluding hydrogens is 380 g/mol. The van der Waals surface area contributed by atoms with Gasteiger partial charge in [-0.1, -0.05) is 30.3 Å². The van der Waals surface area contributed by atoms with Crippen LogP contribution >= 0.6 is 0 Å². The summed E-state index contributed by atoms with van der Waals surface area (Å²) in [6.07, 6.45) is 0.934. The Morgan fingerprint density at radius 2 is 2.00 bits per heavy atom. The van der Waals surface area contributed by atoms with Crippen molar-refractivity contribution < 1.29 is 14.7 Å². The van der Waals surface area contributed by atoms with Crippen LogP contribution in [-0.4, -0.2) is 48.7 Å². The molecule has 0 aliphatic carbocycles. The fourth-order valence-electron chi connectivity index (χ4n) is 3.69. The predicted octanol–water partition coefficient (Wildman–Crippen LogP) is 1.91. The molecule has 1 saturated heterocycles. The Morgan fingerprint density at radius 1 is 1.23 bits per heavy atom. The number of carbonyl (C=O) groups excluding carboxylic acids is 2. The third-order valence-corrected chi connectivity index (χ3v) is 5.27. The van der Waals surface area contributed by atoms with Crippen LogP contribution in [0.5, 0.6) is 0 Å². The van der Waals surface area contributed by atoms with Gasteiger partial charge in [0.25, 0.3) is 5.91 Å². The molecule has 0 radical (unpaired) electrons. The van der Waals surface area contributed by atoms with E-state index in [1.54, 1.807) is 17.0 Å². The number of aliphatic hydroxyl groups is 1. The fourth-order valence-corrected chi connectivity index (χ4v) is 3.69. The molecule has 0 saturated carbocycles. The molecule has 7 nitrogen and oxygen atoms in total. The maximum Gasteiger partial charge on any atom is 0.251 e. The molecule has 0 unspecified atom stereocenters. The highest BCUT2D eigenvalue weighted by atomic mass is 16.3. The summed E-state index contributed by atoms with van der Waals surface area (Å²) in [4.78, 5) is 27.0. The van der Waals surface area contributed by atoms with Crippen LogP contribution in [0.25, 0.3) is 0 Å². The first-order chi connectivity index (χ1) is 14.5. The van der Waals surface area contributed by atoms with Gasteiger partial charge < -0.3 is 26.4 Å². The highest BCUT2D eigenvalue weighted by molar-refractivity contribution is 6.00. The minimum atomic E-state index is -0.870. The lowest BCUT2D eigenvalue weighted by molar-refractivity contribution is -0.117. The zero-order chi connectivity index (χ0) is 21.5. The topological polar surface area (TPSA) is 108 Å². The second-order valence-corrected chi connectivity index (χ2v) is 7.52. The van der Waals surface area contributed by atoms with E-state index in [1.165, 1.54) is 0 Å². The van der Waals surface area contributed by atoms with Crippen LogP contribution in [-0.2, 0) is 11.2 Å². The summed E-state index contributed by atoms with van der Waals surface area (Å²) < 4.78 is 0. The van der Waals surface area contributed by atoms with Crippen molar-refractivity contribution >= 4 is 23.2 Å². The highest BCUT2D eigenvalue weighted by Crippen LogP contribution is 2.26. The number of nitrogens with two attached hydrogens (primary N) is 1. The normalized spacial score (nSPS) is 15.7. The lowest BCUT2D eigenvalue weighted by Gasteiger charge is -2.24. The van der Waals surface area contributed by atoms with E-state index >= 15 is 0 Å². The summed E-state index contributed by atoms with van der Waals surface area (Å²) in [6, 6.07) is 14.5. The Bertz CT molecular complexity index is 872. The molecule has 5 N–H and O–H groups in total. The Balaban J connectivity index is 1.84. The van der Waals surface area contributed by atoms with Crippen LogP contribution in [0.4, 0.5) is 11.4 Å². The summed E-state index contributed by atoms with van der Waals surface area (Å²) in [6.45, 7) is 3.36. The molecule has 2 aromatic carbocycles. The zero-order valence-corrected chi connectivity index (χ0v) is 17.3. The molecule has 2 amide bonds. The third kappa shape index (κ3) is 5.37. The van der Waals surface area contributed by atoms with E-state index in [9.17, 15) is 14.7 Å². The maximum absolute atomic E-state index is 13.1. The average molecular weight is 411 g/mol. The van der Waals surface area contributed by atoms with Crippen molar-refractivity contribution in [3.63, 3.8) is 0 Å². The van der Waals surface area contributed by atoms with Gasteiger partial charge in [0.05, 0.1) is 12.1 Å². The minimum absolute atomic E-state index is 0.0444. The lowest BCUT2D eigenvalue weighted by atomic mass is 10.0. The number of nitrogens with zero attached hydrogens (tertiary/aromatic N) is 1. The number of carbonyl (C=O) groups is 2. The smallest absolute Gasteiger partial charge is 0.251 e. The molecule has 160 valence electrons. The molecule has 1 fully saturated rings. The van der Waals surface area contributed by atoms with Gasteiger partial charge in [0.15, 0.2) is 0 Å². The number of aliphatic hydroxyl groups excluding tert-OH is 1. The predicted molar refractivity (Wildman–Crippen MR) is 119 cm³/mol. The van der Waals surface area contributed by atoms with Gasteiger partial charge in [-0.05, 0) is 43.5 Å². The van der Waals surface area contributed by atoms with Gasteiger partial charge in [0, 0.05) is 43.0 Å². The van der Waals surface area contributed by atoms with Crippen molar-refractivity contribution in [2.24, 2.45) is 5.73 Å². The molecule has 1 aliphatic heterocycles. The maximum atomic E-state index is 13.1. The second-order valence-electron chi connectivity index (χ2n) is 7.52. The Hall–Kier alpha value is -2.90. The Morgan fingerprint density at radius 3 is 2.63 bits per heavy atom. The molecule has 1 aliphatic rings. The van der Waals surface area contributed by atoms with E-state index in [1.807, 2.05) is 43.3 Å². The molecule has 3 rings (SSSR count). The summed E-state index contributed by atoms with van der Waals surface area (Å²) in [7, 11) is 0. The first-order valence-electron chi connectivity index (χ1n) is 10.4. The molecular formula is C23H30N4O3. The Labute approximate surface area is 177 Å². The summed E-state index contributed by atoms with van der Waals surface area (Å²) in [5.74, 6) is -0.244. The molecule has 0 spiro atoms. The SMILES string of the molecule is CCNc1cc(C(=O)N[C@@H](Cc2ccccc2)[C@H](O)CN)cc(N2CCCC2=O)c1. The van der Waals surface area contributed by atoms with Gasteiger partial charge in [-0.25, -0.2) is 0 Å². The molecule has 0 aromatic heterocycles. The Kier molecular flexibility index (Phi) is 7.43. The van der Waals surface area contributed by atoms with Gasteiger partial charge in [-0.3, -0.25) is 9.59 Å². The number of benzene rings is 2. The largest absolute Gasteiger partial charge is 0.390 e. The van der Waals surface area contributed by atoms with Crippen LogP contribution in [0.3, 0.4) is 0 Å². The minimum Gasteiger partial charge on any atom is -0.390 e. The number of hydrogen-bond acceptors (Lipinski definition) is 5. The summed E-state index contributed by atoms with van der Waals surface area (Å²) in [5.41, 5.74) is 8.59. The van der Waals surface area contributed by atoms with Crippen molar-refractivity contribution in [2.45, 2.75) is 38.3 Å². The number of rotatable bonds is 9. The van der Waals surface area contributed by atoms with Crippen molar-refractivity contribution in [3.05, 3.63) is 59.7 Å². The molecule has 7 heteroatoms. The standard InChI is InChI=1S/C23H30N4O3/c1-2-25-18-12-17(13-19(14-18)27-10-6-9-22(27)29)23(30)26-20(21(28)15-24)11-16-7-4-3-5-8-16/h3-5,7-8,12-14,20-21,25,28H,2,6,9-11,15,24H2,1H3,(H,26,30)/t20-,21+/m0/s1. The van der Waals surface area contributed by atoms with Crippen LogP contribution in [0.2, 0.25) is 0 Å². The van der Waals surface area contributed by atoms with Crippen molar-refractivity contribution in [3.8, 4) is 0 Å². The summed E-state index contributed by atoms with van der Waals surface area (Å²) in [5, 5.41) is 16.5. The van der Waals surface area contributed by atoms with Crippen LogP contribution in [0.15, 0.2) is 48.5 Å². The van der Waals surface area contributed by atoms with Crippen molar-refractivity contribution in [2.75, 3.05) is 29.9 Å². The molecule has 30 heavy (non-hydrogen) atoms. The molecule has 0 bridgehead atoms. The fraction of sp³-hybridized carbons (Fsp3) is 0.391. The van der Waals surface area contributed by atoms with E-state index in [0.717, 1.165) is 17.7 Å². The average Bonchev–Trinajstić information content (AvgIpc) is 3.19. The number of amides is 2. The first-order valence-corrected chi connectivity index (χ1v) is 10.4. The molecule has 2 aromatic rings. The third-order valence-electron chi connectivity index (χ3n) is 5.27. The van der Waals surface area contributed by atoms with Gasteiger partial charge in [-0.15, -0.1) is 0 Å². The van der Waals surface area contributed by atoms with Crippen LogP contribution in [0.1, 0.15) is 35.7 Å². The molecule has 1 heterocycles. The van der Waals surface area contributed by atoms with E-state index in [-0.39, 0.29) is 18.4 Å². The van der Waals surface area contributed by atoms with Crippen molar-refractivity contribution in [1.29, 1.82) is 0 Å². The van der Waals surface area contributed by atoms with Gasteiger partial charge in [0.1, 0.15) is 0 Å². The number of nitrogens with one attached hydrogen (secondary N) is 2. The van der Waals surface area contributed by atoms with Gasteiger partial charge >= 0.3 is 0 Å². The van der Waals surface area contributed by atoms with Crippen LogP contribution in [0, 0.1) is 0 Å². The van der Waals surface area contributed by atoms with Gasteiger partial charge in [-0.2, -0.15) is 0 Å². The quantitative estimate of drug-likeness (QED) is 0.505. The zero-order valence-electron chi connectivity index (χ0n) is 17.3. The van der Waals surface area contributed by atoms with Gasteiger partial charge in [0.2, 0.25) is 5.91 Å². The highest BCUT2D eigenvalue weighted by Gasteiger charge is 2.25. The monoisotopic (exact) mass is 410 g/mol. The number of hydrogen-bond donors (Lipinski definition) is 4. The van der Waals surface area contributed by atoms with Crippen LogP contribution < -0.4 is 21.3 Å².